The van der Waals surface area contributed by atoms with Crippen LogP contribution in [0.5, 0.6) is 0 Å². The summed E-state index contributed by atoms with van der Waals surface area (Å²) in [5, 5.41) is 4.84. The zero-order chi connectivity index (χ0) is 13.2. The van der Waals surface area contributed by atoms with Gasteiger partial charge in [0.15, 0.2) is 0 Å². The predicted molar refractivity (Wildman–Crippen MR) is 80.6 cm³/mol. The molecule has 0 aliphatic heterocycles. The summed E-state index contributed by atoms with van der Waals surface area (Å²) in [7, 11) is 0. The normalized spacial score (nSPS) is 10.5. The second-order valence-electron chi connectivity index (χ2n) is 4.19. The Hall–Kier alpha value is -2.33. The molecule has 0 atom stereocenters. The molecule has 1 aromatic heterocycles. The third kappa shape index (κ3) is 2.30. The zero-order valence-corrected chi connectivity index (χ0v) is 10.9. The van der Waals surface area contributed by atoms with Crippen LogP contribution in [0.1, 0.15) is 10.4 Å². The number of nitrogens with one attached hydrogen (secondary N) is 1. The van der Waals surface area contributed by atoms with Gasteiger partial charge in [0, 0.05) is 10.4 Å². The minimum atomic E-state index is -0.176. The average molecular weight is 268 g/mol. The molecule has 3 aromatic rings. The van der Waals surface area contributed by atoms with Crippen molar-refractivity contribution in [2.45, 2.75) is 0 Å². The molecule has 0 unspecified atom stereocenters. The van der Waals surface area contributed by atoms with Crippen LogP contribution in [0.25, 0.3) is 10.1 Å². The Kier molecular flexibility index (Phi) is 2.93. The monoisotopic (exact) mass is 268 g/mol. The first-order valence-corrected chi connectivity index (χ1v) is 6.70. The molecular weight excluding hydrogens is 256 g/mol. The summed E-state index contributed by atoms with van der Waals surface area (Å²) in [6.45, 7) is 0. The Bertz CT molecular complexity index is 715. The first-order valence-electron chi connectivity index (χ1n) is 5.88. The van der Waals surface area contributed by atoms with Crippen molar-refractivity contribution >= 4 is 38.0 Å². The fourth-order valence-electron chi connectivity index (χ4n) is 1.93. The summed E-state index contributed by atoms with van der Waals surface area (Å²) in [4.78, 5) is 12.1. The van der Waals surface area contributed by atoms with Gasteiger partial charge in [-0.1, -0.05) is 30.3 Å². The second kappa shape index (κ2) is 4.74. The highest BCUT2D eigenvalue weighted by atomic mass is 32.1. The number of carbonyl (C=O) groups excluding carboxylic acids is 1. The van der Waals surface area contributed by atoms with Crippen LogP contribution in [0.3, 0.4) is 0 Å². The van der Waals surface area contributed by atoms with Gasteiger partial charge < -0.3 is 11.1 Å². The number of nitrogens with two attached hydrogens (primary N) is 1. The largest absolute Gasteiger partial charge is 0.398 e. The summed E-state index contributed by atoms with van der Waals surface area (Å²) >= 11 is 1.55. The summed E-state index contributed by atoms with van der Waals surface area (Å²) in [6, 6.07) is 17.1. The van der Waals surface area contributed by atoms with Gasteiger partial charge in [-0.25, -0.2) is 0 Å². The van der Waals surface area contributed by atoms with E-state index in [9.17, 15) is 4.79 Å². The summed E-state index contributed by atoms with van der Waals surface area (Å²) in [5.74, 6) is -0.176. The van der Waals surface area contributed by atoms with Gasteiger partial charge in [0.2, 0.25) is 0 Å². The SMILES string of the molecule is Nc1ccccc1C(=O)Nc1cc2ccccc2s1. The standard InChI is InChI=1S/C15H12N2OS/c16-12-7-3-2-6-11(12)15(18)17-14-9-10-5-1-4-8-13(10)19-14/h1-9H,16H2,(H,17,18). The molecule has 3 N–H and O–H groups in total. The maximum atomic E-state index is 12.1. The molecule has 3 rings (SSSR count). The van der Waals surface area contributed by atoms with Crippen molar-refractivity contribution < 1.29 is 4.79 Å². The first kappa shape index (κ1) is 11.7. The molecule has 0 saturated carbocycles. The van der Waals surface area contributed by atoms with Crippen LogP contribution in [0.4, 0.5) is 10.7 Å². The van der Waals surface area contributed by atoms with Gasteiger partial charge in [0.1, 0.15) is 0 Å². The topological polar surface area (TPSA) is 55.1 Å². The lowest BCUT2D eigenvalue weighted by atomic mass is 10.2. The van der Waals surface area contributed by atoms with Gasteiger partial charge in [0.05, 0.1) is 10.6 Å². The van der Waals surface area contributed by atoms with E-state index in [0.717, 1.165) is 15.1 Å². The predicted octanol–water partition coefficient (Wildman–Crippen LogP) is 3.74. The van der Waals surface area contributed by atoms with E-state index in [1.54, 1.807) is 29.5 Å². The number of thiophene rings is 1. The summed E-state index contributed by atoms with van der Waals surface area (Å²) < 4.78 is 1.15. The quantitative estimate of drug-likeness (QED) is 0.696. The van der Waals surface area contributed by atoms with Crippen molar-refractivity contribution in [2.75, 3.05) is 11.1 Å². The maximum Gasteiger partial charge on any atom is 0.258 e. The van der Waals surface area contributed by atoms with E-state index in [0.29, 0.717) is 11.3 Å². The Morgan fingerprint density at radius 3 is 2.58 bits per heavy atom. The molecule has 0 saturated heterocycles. The number of amides is 1. The molecule has 4 heteroatoms. The molecule has 1 heterocycles. The summed E-state index contributed by atoms with van der Waals surface area (Å²) in [6.07, 6.45) is 0. The third-order valence-corrected chi connectivity index (χ3v) is 3.90. The molecule has 0 aliphatic carbocycles. The van der Waals surface area contributed by atoms with Gasteiger partial charge in [0.25, 0.3) is 5.91 Å². The van der Waals surface area contributed by atoms with Crippen LogP contribution in [-0.4, -0.2) is 5.91 Å². The van der Waals surface area contributed by atoms with Crippen LogP contribution >= 0.6 is 11.3 Å². The fraction of sp³-hybridized carbons (Fsp3) is 0. The minimum Gasteiger partial charge on any atom is -0.398 e. The van der Waals surface area contributed by atoms with E-state index in [1.807, 2.05) is 36.4 Å². The van der Waals surface area contributed by atoms with Crippen LogP contribution in [0, 0.1) is 0 Å². The van der Waals surface area contributed by atoms with E-state index in [-0.39, 0.29) is 5.91 Å². The maximum absolute atomic E-state index is 12.1. The summed E-state index contributed by atoms with van der Waals surface area (Å²) in [5.41, 5.74) is 6.78. The van der Waals surface area contributed by atoms with E-state index in [1.165, 1.54) is 0 Å². The molecule has 19 heavy (non-hydrogen) atoms. The van der Waals surface area contributed by atoms with Crippen molar-refractivity contribution in [3.8, 4) is 0 Å². The molecule has 0 spiro atoms. The minimum absolute atomic E-state index is 0.176. The number of rotatable bonds is 2. The van der Waals surface area contributed by atoms with Crippen LogP contribution in [0.15, 0.2) is 54.6 Å². The average Bonchev–Trinajstić information content (AvgIpc) is 2.81. The van der Waals surface area contributed by atoms with E-state index >= 15 is 0 Å². The fourth-order valence-corrected chi connectivity index (χ4v) is 2.88. The van der Waals surface area contributed by atoms with Crippen LogP contribution in [0.2, 0.25) is 0 Å². The Morgan fingerprint density at radius 2 is 1.79 bits per heavy atom. The molecule has 0 bridgehead atoms. The van der Waals surface area contributed by atoms with Gasteiger partial charge >= 0.3 is 0 Å². The zero-order valence-electron chi connectivity index (χ0n) is 10.1. The molecular formula is C15H12N2OS. The van der Waals surface area contributed by atoms with Crippen LogP contribution in [-0.2, 0) is 0 Å². The van der Waals surface area contributed by atoms with Gasteiger partial charge in [-0.15, -0.1) is 11.3 Å². The lowest BCUT2D eigenvalue weighted by Crippen LogP contribution is -2.12. The van der Waals surface area contributed by atoms with Crippen molar-refractivity contribution in [1.82, 2.24) is 0 Å². The highest BCUT2D eigenvalue weighted by Crippen LogP contribution is 2.29. The Balaban J connectivity index is 1.89. The van der Waals surface area contributed by atoms with E-state index in [2.05, 4.69) is 5.32 Å². The van der Waals surface area contributed by atoms with Crippen molar-refractivity contribution in [1.29, 1.82) is 0 Å². The van der Waals surface area contributed by atoms with Gasteiger partial charge in [-0.3, -0.25) is 4.79 Å². The Morgan fingerprint density at radius 1 is 1.05 bits per heavy atom. The highest BCUT2D eigenvalue weighted by molar-refractivity contribution is 7.23. The smallest absolute Gasteiger partial charge is 0.258 e. The Labute approximate surface area is 114 Å². The lowest BCUT2D eigenvalue weighted by Gasteiger charge is -2.04. The van der Waals surface area contributed by atoms with Crippen molar-refractivity contribution in [2.24, 2.45) is 0 Å². The molecule has 1 amide bonds. The molecule has 3 nitrogen and oxygen atoms in total. The van der Waals surface area contributed by atoms with Gasteiger partial charge in [-0.2, -0.15) is 0 Å². The van der Waals surface area contributed by atoms with Gasteiger partial charge in [-0.05, 0) is 29.7 Å². The number of nitrogen functional groups attached to an aromatic ring is 1. The van der Waals surface area contributed by atoms with Crippen molar-refractivity contribution in [3.63, 3.8) is 0 Å². The second-order valence-corrected chi connectivity index (χ2v) is 5.27. The number of fused-ring (bicyclic) bond motifs is 1. The molecule has 94 valence electrons. The number of hydrogen-bond donors (Lipinski definition) is 2. The molecule has 0 radical (unpaired) electrons. The lowest BCUT2D eigenvalue weighted by molar-refractivity contribution is 0.102. The number of carbonyl (C=O) groups is 1. The molecule has 0 fully saturated rings. The number of hydrogen-bond acceptors (Lipinski definition) is 3. The number of anilines is 2. The molecule has 2 aromatic carbocycles. The van der Waals surface area contributed by atoms with Crippen molar-refractivity contribution in [3.05, 3.63) is 60.2 Å². The first-order chi connectivity index (χ1) is 9.24. The third-order valence-electron chi connectivity index (χ3n) is 2.87. The van der Waals surface area contributed by atoms with Crippen LogP contribution < -0.4 is 11.1 Å². The highest BCUT2D eigenvalue weighted by Gasteiger charge is 2.10. The van der Waals surface area contributed by atoms with E-state index in [4.69, 9.17) is 5.73 Å². The molecule has 0 aliphatic rings. The van der Waals surface area contributed by atoms with E-state index < -0.39 is 0 Å². The number of benzene rings is 2. The number of para-hydroxylation sites is 1.